The lowest BCUT2D eigenvalue weighted by molar-refractivity contribution is 0.0988. The van der Waals surface area contributed by atoms with Gasteiger partial charge >= 0.3 is 0 Å². The Hall–Kier alpha value is -2.60. The van der Waals surface area contributed by atoms with Gasteiger partial charge < -0.3 is 4.74 Å². The van der Waals surface area contributed by atoms with Crippen LogP contribution in [0.25, 0.3) is 0 Å². The largest absolute Gasteiger partial charge is 0.457 e. The van der Waals surface area contributed by atoms with Crippen LogP contribution in [0.3, 0.4) is 0 Å². The summed E-state index contributed by atoms with van der Waals surface area (Å²) in [6.07, 6.45) is 0.466. The van der Waals surface area contributed by atoms with Gasteiger partial charge in [0.15, 0.2) is 5.78 Å². The van der Waals surface area contributed by atoms with Crippen LogP contribution in [0.15, 0.2) is 48.5 Å². The van der Waals surface area contributed by atoms with Crippen molar-refractivity contribution in [1.29, 1.82) is 5.26 Å². The maximum atomic E-state index is 11.6. The van der Waals surface area contributed by atoms with Crippen LogP contribution in [0.5, 0.6) is 11.5 Å². The second kappa shape index (κ2) is 5.83. The van der Waals surface area contributed by atoms with Crippen molar-refractivity contribution < 1.29 is 9.53 Å². The van der Waals surface area contributed by atoms with Crippen LogP contribution in [0.4, 0.5) is 0 Å². The Kier molecular flexibility index (Phi) is 3.94. The van der Waals surface area contributed by atoms with Crippen LogP contribution in [0.2, 0.25) is 0 Å². The zero-order valence-electron chi connectivity index (χ0n) is 10.6. The van der Waals surface area contributed by atoms with E-state index in [9.17, 15) is 4.79 Å². The molecular formula is C16H13NO2. The summed E-state index contributed by atoms with van der Waals surface area (Å²) < 4.78 is 5.65. The van der Waals surface area contributed by atoms with Crippen molar-refractivity contribution in [2.45, 2.75) is 13.3 Å². The molecule has 0 amide bonds. The lowest BCUT2D eigenvalue weighted by atomic mass is 10.1. The Morgan fingerprint density at radius 3 is 2.53 bits per heavy atom. The molecular weight excluding hydrogens is 238 g/mol. The molecule has 0 aliphatic heterocycles. The Morgan fingerprint density at radius 1 is 1.16 bits per heavy atom. The average Bonchev–Trinajstić information content (AvgIpc) is 2.47. The van der Waals surface area contributed by atoms with Crippen molar-refractivity contribution in [2.24, 2.45) is 0 Å². The van der Waals surface area contributed by atoms with Gasteiger partial charge in [0.05, 0.1) is 11.6 Å². The highest BCUT2D eigenvalue weighted by Gasteiger charge is 2.05. The number of Topliss-reactive ketones (excluding diaryl/α,β-unsaturated/α-hetero) is 1. The molecule has 19 heavy (non-hydrogen) atoms. The number of nitrogens with zero attached hydrogens (tertiary/aromatic N) is 1. The van der Waals surface area contributed by atoms with Crippen molar-refractivity contribution in [3.63, 3.8) is 0 Å². The molecule has 0 aliphatic carbocycles. The third-order valence-electron chi connectivity index (χ3n) is 2.68. The fraction of sp³-hybridized carbons (Fsp3) is 0.125. The molecule has 0 aromatic heterocycles. The zero-order valence-corrected chi connectivity index (χ0v) is 10.6. The fourth-order valence-corrected chi connectivity index (χ4v) is 1.70. The van der Waals surface area contributed by atoms with Gasteiger partial charge in [0.25, 0.3) is 0 Å². The molecule has 0 heterocycles. The molecule has 3 nitrogen and oxygen atoms in total. The highest BCUT2D eigenvalue weighted by molar-refractivity contribution is 5.96. The van der Waals surface area contributed by atoms with Gasteiger partial charge in [-0.3, -0.25) is 4.79 Å². The zero-order chi connectivity index (χ0) is 13.7. The van der Waals surface area contributed by atoms with Crippen LogP contribution in [-0.4, -0.2) is 5.78 Å². The molecule has 0 spiro atoms. The third kappa shape index (κ3) is 3.20. The second-order valence-corrected chi connectivity index (χ2v) is 4.05. The van der Waals surface area contributed by atoms with Gasteiger partial charge in [-0.2, -0.15) is 5.26 Å². The molecule has 0 aliphatic rings. The van der Waals surface area contributed by atoms with E-state index in [1.165, 1.54) is 0 Å². The van der Waals surface area contributed by atoms with Crippen molar-refractivity contribution in [1.82, 2.24) is 0 Å². The summed E-state index contributed by atoms with van der Waals surface area (Å²) in [5, 5.41) is 8.83. The highest BCUT2D eigenvalue weighted by Crippen LogP contribution is 2.23. The van der Waals surface area contributed by atoms with Crippen molar-refractivity contribution in [2.75, 3.05) is 0 Å². The van der Waals surface area contributed by atoms with Crippen LogP contribution < -0.4 is 4.74 Å². The smallest absolute Gasteiger partial charge is 0.162 e. The number of nitriles is 1. The highest BCUT2D eigenvalue weighted by atomic mass is 16.5. The number of carbonyl (C=O) groups is 1. The van der Waals surface area contributed by atoms with Crippen LogP contribution >= 0.6 is 0 Å². The number of ether oxygens (including phenoxy) is 1. The molecule has 0 unspecified atom stereocenters. The average molecular weight is 251 g/mol. The SMILES string of the molecule is CCC(=O)c1cccc(Oc2cccc(C#N)c2)c1. The summed E-state index contributed by atoms with van der Waals surface area (Å²) in [6, 6.07) is 16.0. The summed E-state index contributed by atoms with van der Waals surface area (Å²) in [7, 11) is 0. The third-order valence-corrected chi connectivity index (χ3v) is 2.68. The molecule has 0 saturated heterocycles. The Bertz CT molecular complexity index is 641. The van der Waals surface area contributed by atoms with Gasteiger partial charge in [0.2, 0.25) is 0 Å². The molecule has 0 N–H and O–H groups in total. The van der Waals surface area contributed by atoms with E-state index in [0.717, 1.165) is 0 Å². The first-order valence-electron chi connectivity index (χ1n) is 6.04. The van der Waals surface area contributed by atoms with E-state index >= 15 is 0 Å². The van der Waals surface area contributed by atoms with Crippen molar-refractivity contribution in [3.05, 3.63) is 59.7 Å². The molecule has 0 atom stereocenters. The normalized spacial score (nSPS) is 9.68. The van der Waals surface area contributed by atoms with Crippen LogP contribution in [0, 0.1) is 11.3 Å². The maximum absolute atomic E-state index is 11.6. The van der Waals surface area contributed by atoms with Crippen LogP contribution in [-0.2, 0) is 0 Å². The topological polar surface area (TPSA) is 50.1 Å². The van der Waals surface area contributed by atoms with Gasteiger partial charge in [-0.05, 0) is 30.3 Å². The first kappa shape index (κ1) is 12.8. The minimum atomic E-state index is 0.0798. The fourth-order valence-electron chi connectivity index (χ4n) is 1.70. The Balaban J connectivity index is 2.23. The number of hydrogen-bond donors (Lipinski definition) is 0. The second-order valence-electron chi connectivity index (χ2n) is 4.05. The van der Waals surface area contributed by atoms with Gasteiger partial charge in [0.1, 0.15) is 11.5 Å². The predicted molar refractivity (Wildman–Crippen MR) is 72.3 cm³/mol. The Morgan fingerprint density at radius 2 is 1.84 bits per heavy atom. The molecule has 0 radical (unpaired) electrons. The van der Waals surface area contributed by atoms with E-state index < -0.39 is 0 Å². The van der Waals surface area contributed by atoms with Gasteiger partial charge in [-0.25, -0.2) is 0 Å². The summed E-state index contributed by atoms with van der Waals surface area (Å²) in [6.45, 7) is 1.83. The summed E-state index contributed by atoms with van der Waals surface area (Å²) >= 11 is 0. The first-order valence-corrected chi connectivity index (χ1v) is 6.04. The number of rotatable bonds is 4. The maximum Gasteiger partial charge on any atom is 0.162 e. The van der Waals surface area contributed by atoms with Gasteiger partial charge in [0, 0.05) is 12.0 Å². The number of benzene rings is 2. The monoisotopic (exact) mass is 251 g/mol. The van der Waals surface area contributed by atoms with E-state index in [4.69, 9.17) is 10.00 Å². The van der Waals surface area contributed by atoms with Crippen molar-refractivity contribution in [3.8, 4) is 17.6 Å². The summed E-state index contributed by atoms with van der Waals surface area (Å²) in [5.74, 6) is 1.26. The molecule has 94 valence electrons. The summed E-state index contributed by atoms with van der Waals surface area (Å²) in [5.41, 5.74) is 1.18. The molecule has 0 saturated carbocycles. The van der Waals surface area contributed by atoms with Crippen LogP contribution in [0.1, 0.15) is 29.3 Å². The lowest BCUT2D eigenvalue weighted by Gasteiger charge is -2.07. The van der Waals surface area contributed by atoms with E-state index in [0.29, 0.717) is 29.0 Å². The number of hydrogen-bond acceptors (Lipinski definition) is 3. The van der Waals surface area contributed by atoms with Gasteiger partial charge in [-0.1, -0.05) is 25.1 Å². The van der Waals surface area contributed by atoms with E-state index in [2.05, 4.69) is 6.07 Å². The molecule has 0 fully saturated rings. The number of carbonyl (C=O) groups excluding carboxylic acids is 1. The molecule has 2 rings (SSSR count). The minimum Gasteiger partial charge on any atom is -0.457 e. The van der Waals surface area contributed by atoms with E-state index in [-0.39, 0.29) is 5.78 Å². The van der Waals surface area contributed by atoms with Crippen molar-refractivity contribution >= 4 is 5.78 Å². The van der Waals surface area contributed by atoms with E-state index in [1.807, 2.05) is 6.92 Å². The quantitative estimate of drug-likeness (QED) is 0.773. The molecule has 2 aromatic rings. The number of ketones is 1. The standard InChI is InChI=1S/C16H13NO2/c1-2-16(18)13-6-4-8-15(10-13)19-14-7-3-5-12(9-14)11-17/h3-10H,2H2,1H3. The predicted octanol–water partition coefficient (Wildman–Crippen LogP) is 3.94. The molecule has 3 heteroatoms. The van der Waals surface area contributed by atoms with E-state index in [1.54, 1.807) is 48.5 Å². The summed E-state index contributed by atoms with van der Waals surface area (Å²) in [4.78, 5) is 11.6. The lowest BCUT2D eigenvalue weighted by Crippen LogP contribution is -1.96. The molecule has 0 bridgehead atoms. The van der Waals surface area contributed by atoms with Gasteiger partial charge in [-0.15, -0.1) is 0 Å². The Labute approximate surface area is 112 Å². The minimum absolute atomic E-state index is 0.0798. The first-order chi connectivity index (χ1) is 9.22. The molecule has 2 aromatic carbocycles.